The third-order valence-electron chi connectivity index (χ3n) is 4.39. The molecule has 0 unspecified atom stereocenters. The van der Waals surface area contributed by atoms with E-state index in [-0.39, 0.29) is 11.4 Å². The van der Waals surface area contributed by atoms with Crippen molar-refractivity contribution in [3.63, 3.8) is 0 Å². The van der Waals surface area contributed by atoms with Crippen LogP contribution in [0.5, 0.6) is 0 Å². The summed E-state index contributed by atoms with van der Waals surface area (Å²) in [5.74, 6) is -2.99. The Labute approximate surface area is 188 Å². The summed E-state index contributed by atoms with van der Waals surface area (Å²) >= 11 is 0. The fourth-order valence-electron chi connectivity index (χ4n) is 3.25. The second-order valence-electron chi connectivity index (χ2n) is 7.04. The Bertz CT molecular complexity index is 919. The number of esters is 4. The summed E-state index contributed by atoms with van der Waals surface area (Å²) in [6.07, 6.45) is -6.58. The molecule has 0 bridgehead atoms. The second kappa shape index (κ2) is 11.2. The van der Waals surface area contributed by atoms with E-state index < -0.39 is 66.1 Å². The number of benzene rings is 1. The number of anilines is 1. The lowest BCUT2D eigenvalue weighted by molar-refractivity contribution is -0.384. The minimum absolute atomic E-state index is 0.0170. The van der Waals surface area contributed by atoms with Crippen LogP contribution in [0.2, 0.25) is 0 Å². The van der Waals surface area contributed by atoms with E-state index >= 15 is 0 Å². The molecule has 13 nitrogen and oxygen atoms in total. The number of rotatable bonds is 8. The van der Waals surface area contributed by atoms with E-state index in [9.17, 15) is 29.3 Å². The molecule has 33 heavy (non-hydrogen) atoms. The van der Waals surface area contributed by atoms with Gasteiger partial charge in [0.05, 0.1) is 4.92 Å². The number of nitro groups is 1. The molecule has 0 aromatic heterocycles. The monoisotopic (exact) mass is 468 g/mol. The largest absolute Gasteiger partial charge is 0.463 e. The van der Waals surface area contributed by atoms with Crippen LogP contribution in [0.4, 0.5) is 11.4 Å². The summed E-state index contributed by atoms with van der Waals surface area (Å²) in [5.41, 5.74) is -0.284. The Morgan fingerprint density at radius 2 is 1.45 bits per heavy atom. The number of carbonyl (C=O) groups excluding carboxylic acids is 4. The van der Waals surface area contributed by atoms with Crippen molar-refractivity contribution < 1.29 is 47.8 Å². The Balaban J connectivity index is 2.51. The molecule has 0 amide bonds. The molecule has 1 N–H and O–H groups in total. The van der Waals surface area contributed by atoms with E-state index in [0.29, 0.717) is 0 Å². The zero-order valence-electron chi connectivity index (χ0n) is 18.3. The van der Waals surface area contributed by atoms with E-state index in [4.69, 9.17) is 23.7 Å². The Kier molecular flexibility index (Phi) is 8.68. The molecule has 0 radical (unpaired) electrons. The standard InChI is InChI=1S/C20H24N2O11/c1-10(23)29-9-16-17(30-11(2)24)18(31-12(3)25)19(32-13(4)26)20(33-16)21-14-7-5-6-8-15(14)22(27)28/h5-8,16-21H,9H2,1-4H3/t16-,17-,18+,19+,20-/m1/s1. The Hall–Kier alpha value is -3.74. The van der Waals surface area contributed by atoms with Gasteiger partial charge in [-0.3, -0.25) is 29.3 Å². The summed E-state index contributed by atoms with van der Waals surface area (Å²) in [7, 11) is 0. The smallest absolute Gasteiger partial charge is 0.303 e. The number of nitrogens with zero attached hydrogens (tertiary/aromatic N) is 1. The van der Waals surface area contributed by atoms with Gasteiger partial charge in [-0.15, -0.1) is 0 Å². The molecule has 5 atom stereocenters. The average Bonchev–Trinajstić information content (AvgIpc) is 2.70. The van der Waals surface area contributed by atoms with Crippen molar-refractivity contribution in [1.29, 1.82) is 0 Å². The highest BCUT2D eigenvalue weighted by Crippen LogP contribution is 2.32. The van der Waals surface area contributed by atoms with Crippen LogP contribution in [-0.4, -0.2) is 66.1 Å². The Morgan fingerprint density at radius 3 is 2.00 bits per heavy atom. The predicted octanol–water partition coefficient (Wildman–Crippen LogP) is 1.09. The van der Waals surface area contributed by atoms with Crippen molar-refractivity contribution in [2.45, 2.75) is 58.3 Å². The fourth-order valence-corrected chi connectivity index (χ4v) is 3.25. The molecule has 1 heterocycles. The first-order chi connectivity index (χ1) is 15.5. The fraction of sp³-hybridized carbons (Fsp3) is 0.500. The van der Waals surface area contributed by atoms with Gasteiger partial charge in [0, 0.05) is 33.8 Å². The zero-order chi connectivity index (χ0) is 24.7. The summed E-state index contributed by atoms with van der Waals surface area (Å²) in [4.78, 5) is 57.5. The number of para-hydroxylation sites is 2. The third-order valence-corrected chi connectivity index (χ3v) is 4.39. The summed E-state index contributed by atoms with van der Waals surface area (Å²) < 4.78 is 26.7. The van der Waals surface area contributed by atoms with Crippen LogP contribution >= 0.6 is 0 Å². The van der Waals surface area contributed by atoms with E-state index in [1.54, 1.807) is 0 Å². The van der Waals surface area contributed by atoms with E-state index in [1.165, 1.54) is 24.3 Å². The van der Waals surface area contributed by atoms with Crippen LogP contribution in [0, 0.1) is 10.1 Å². The number of hydrogen-bond donors (Lipinski definition) is 1. The van der Waals surface area contributed by atoms with Gasteiger partial charge in [0.15, 0.2) is 24.5 Å². The van der Waals surface area contributed by atoms with Crippen LogP contribution in [0.15, 0.2) is 24.3 Å². The first-order valence-electron chi connectivity index (χ1n) is 9.80. The lowest BCUT2D eigenvalue weighted by Crippen LogP contribution is -2.64. The topological polar surface area (TPSA) is 170 Å². The molecule has 1 saturated heterocycles. The van der Waals surface area contributed by atoms with Crippen LogP contribution in [-0.2, 0) is 42.9 Å². The molecule has 1 aliphatic heterocycles. The molecule has 13 heteroatoms. The average molecular weight is 468 g/mol. The van der Waals surface area contributed by atoms with E-state index in [0.717, 1.165) is 27.7 Å². The molecule has 1 aromatic rings. The highest BCUT2D eigenvalue weighted by Gasteiger charge is 2.52. The molecule has 0 aliphatic carbocycles. The van der Waals surface area contributed by atoms with Crippen LogP contribution in [0.25, 0.3) is 0 Å². The Morgan fingerprint density at radius 1 is 0.909 bits per heavy atom. The maximum Gasteiger partial charge on any atom is 0.303 e. The highest BCUT2D eigenvalue weighted by molar-refractivity contribution is 5.69. The molecule has 1 aromatic carbocycles. The molecular weight excluding hydrogens is 444 g/mol. The second-order valence-corrected chi connectivity index (χ2v) is 7.04. The molecule has 1 fully saturated rings. The molecule has 1 aliphatic rings. The van der Waals surface area contributed by atoms with Gasteiger partial charge in [0.1, 0.15) is 18.4 Å². The van der Waals surface area contributed by atoms with Crippen molar-refractivity contribution >= 4 is 35.3 Å². The summed E-state index contributed by atoms with van der Waals surface area (Å²) in [5, 5.41) is 14.2. The molecule has 0 spiro atoms. The first-order valence-corrected chi connectivity index (χ1v) is 9.80. The normalized spacial score (nSPS) is 24.2. The minimum atomic E-state index is -1.39. The zero-order valence-corrected chi connectivity index (χ0v) is 18.3. The SMILES string of the molecule is CC(=O)OC[C@H]1O[C@@H](Nc2ccccc2[N+](=O)[O-])[C@@H](OC(C)=O)[C@@H](OC(C)=O)[C@@H]1OC(C)=O. The number of hydrogen-bond acceptors (Lipinski definition) is 12. The van der Waals surface area contributed by atoms with Crippen LogP contribution in [0.1, 0.15) is 27.7 Å². The van der Waals surface area contributed by atoms with E-state index in [2.05, 4.69) is 5.32 Å². The highest BCUT2D eigenvalue weighted by atomic mass is 16.7. The van der Waals surface area contributed by atoms with Crippen molar-refractivity contribution in [3.05, 3.63) is 34.4 Å². The summed E-state index contributed by atoms with van der Waals surface area (Å²) in [6, 6.07) is 5.62. The number of nitro benzene ring substituents is 1. The molecule has 2 rings (SSSR count). The van der Waals surface area contributed by atoms with Crippen molar-refractivity contribution in [2.75, 3.05) is 11.9 Å². The minimum Gasteiger partial charge on any atom is -0.463 e. The quantitative estimate of drug-likeness (QED) is 0.250. The van der Waals surface area contributed by atoms with Gasteiger partial charge in [-0.25, -0.2) is 0 Å². The van der Waals surface area contributed by atoms with E-state index in [1.807, 2.05) is 0 Å². The van der Waals surface area contributed by atoms with Gasteiger partial charge < -0.3 is 29.0 Å². The molecular formula is C20H24N2O11. The number of nitrogens with one attached hydrogen (secondary N) is 1. The predicted molar refractivity (Wildman–Crippen MR) is 109 cm³/mol. The van der Waals surface area contributed by atoms with Gasteiger partial charge in [0.2, 0.25) is 0 Å². The first kappa shape index (κ1) is 25.5. The third kappa shape index (κ3) is 7.14. The van der Waals surface area contributed by atoms with Gasteiger partial charge in [-0.2, -0.15) is 0 Å². The van der Waals surface area contributed by atoms with Crippen LogP contribution < -0.4 is 5.32 Å². The van der Waals surface area contributed by atoms with Crippen molar-refractivity contribution in [3.8, 4) is 0 Å². The number of ether oxygens (including phenoxy) is 5. The van der Waals surface area contributed by atoms with Gasteiger partial charge >= 0.3 is 23.9 Å². The molecule has 180 valence electrons. The molecule has 0 saturated carbocycles. The van der Waals surface area contributed by atoms with Crippen LogP contribution in [0.3, 0.4) is 0 Å². The number of carbonyl (C=O) groups is 4. The maximum atomic E-state index is 11.8. The van der Waals surface area contributed by atoms with Crippen molar-refractivity contribution in [1.82, 2.24) is 0 Å². The maximum absolute atomic E-state index is 11.8. The van der Waals surface area contributed by atoms with Gasteiger partial charge in [-0.1, -0.05) is 12.1 Å². The lowest BCUT2D eigenvalue weighted by atomic mass is 9.97. The van der Waals surface area contributed by atoms with Crippen molar-refractivity contribution in [2.24, 2.45) is 0 Å². The van der Waals surface area contributed by atoms with Gasteiger partial charge in [0.25, 0.3) is 5.69 Å². The summed E-state index contributed by atoms with van der Waals surface area (Å²) in [6.45, 7) is 4.03. The van der Waals surface area contributed by atoms with Gasteiger partial charge in [-0.05, 0) is 6.07 Å². The lowest BCUT2D eigenvalue weighted by Gasteiger charge is -2.44.